The monoisotopic (exact) mass is 250 g/mol. The number of aromatic nitrogens is 1. The van der Waals surface area contributed by atoms with E-state index in [1.54, 1.807) is 6.07 Å². The fourth-order valence-electron chi connectivity index (χ4n) is 1.94. The Balaban J connectivity index is 1.99. The van der Waals surface area contributed by atoms with Crippen molar-refractivity contribution in [2.24, 2.45) is 11.8 Å². The van der Waals surface area contributed by atoms with E-state index in [4.69, 9.17) is 10.6 Å². The molecule has 98 valence electrons. The van der Waals surface area contributed by atoms with Gasteiger partial charge in [-0.25, -0.2) is 0 Å². The zero-order chi connectivity index (χ0) is 13.0. The Labute approximate surface area is 106 Å². The maximum atomic E-state index is 12.0. The first-order chi connectivity index (χ1) is 8.70. The van der Waals surface area contributed by atoms with Crippen LogP contribution in [0, 0.1) is 12.8 Å². The quantitative estimate of drug-likeness (QED) is 0.533. The van der Waals surface area contributed by atoms with Crippen molar-refractivity contribution in [1.82, 2.24) is 10.3 Å². The summed E-state index contributed by atoms with van der Waals surface area (Å²) in [5.74, 6) is 5.64. The van der Waals surface area contributed by atoms with E-state index in [0.717, 1.165) is 18.7 Å². The first kappa shape index (κ1) is 12.8. The fraction of sp³-hybridized carbons (Fsp3) is 0.500. The van der Waals surface area contributed by atoms with Crippen LogP contribution in [0.15, 0.2) is 12.3 Å². The van der Waals surface area contributed by atoms with Gasteiger partial charge in [-0.2, -0.15) is 0 Å². The SMILES string of the molecule is Cc1cc(NN)c(C(=O)NCC2CCOC2)cn1. The van der Waals surface area contributed by atoms with Crippen LogP contribution in [-0.4, -0.2) is 30.6 Å². The lowest BCUT2D eigenvalue weighted by molar-refractivity contribution is 0.0945. The van der Waals surface area contributed by atoms with Gasteiger partial charge in [0.25, 0.3) is 5.91 Å². The second-order valence-corrected chi connectivity index (χ2v) is 4.46. The molecule has 4 N–H and O–H groups in total. The third-order valence-electron chi connectivity index (χ3n) is 3.02. The van der Waals surface area contributed by atoms with E-state index in [-0.39, 0.29) is 5.91 Å². The molecule has 18 heavy (non-hydrogen) atoms. The number of carbonyl (C=O) groups is 1. The number of hydrogen-bond acceptors (Lipinski definition) is 5. The smallest absolute Gasteiger partial charge is 0.255 e. The molecule has 1 aromatic rings. The molecule has 1 aliphatic heterocycles. The number of aryl methyl sites for hydroxylation is 1. The van der Waals surface area contributed by atoms with Crippen LogP contribution in [0.5, 0.6) is 0 Å². The fourth-order valence-corrected chi connectivity index (χ4v) is 1.94. The van der Waals surface area contributed by atoms with Crippen LogP contribution < -0.4 is 16.6 Å². The van der Waals surface area contributed by atoms with Crippen molar-refractivity contribution < 1.29 is 9.53 Å². The average Bonchev–Trinajstić information content (AvgIpc) is 2.88. The Morgan fingerprint density at radius 3 is 3.17 bits per heavy atom. The number of ether oxygens (including phenoxy) is 1. The summed E-state index contributed by atoms with van der Waals surface area (Å²) in [5, 5.41) is 2.88. The standard InChI is InChI=1S/C12H18N4O2/c1-8-4-11(16-13)10(6-14-8)12(17)15-5-9-2-3-18-7-9/h4,6,9H,2-3,5,7,13H2,1H3,(H,14,16)(H,15,17). The van der Waals surface area contributed by atoms with Gasteiger partial charge < -0.3 is 15.5 Å². The van der Waals surface area contributed by atoms with E-state index >= 15 is 0 Å². The average molecular weight is 250 g/mol. The zero-order valence-corrected chi connectivity index (χ0v) is 10.4. The van der Waals surface area contributed by atoms with Crippen LogP contribution in [0.25, 0.3) is 0 Å². The van der Waals surface area contributed by atoms with Crippen LogP contribution in [0.3, 0.4) is 0 Å². The summed E-state index contributed by atoms with van der Waals surface area (Å²) in [4.78, 5) is 16.1. The predicted molar refractivity (Wildman–Crippen MR) is 68.0 cm³/mol. The number of carbonyl (C=O) groups excluding carboxylic acids is 1. The van der Waals surface area contributed by atoms with Crippen molar-refractivity contribution in [3.63, 3.8) is 0 Å². The normalized spacial score (nSPS) is 18.7. The molecule has 1 aromatic heterocycles. The second-order valence-electron chi connectivity index (χ2n) is 4.46. The summed E-state index contributed by atoms with van der Waals surface area (Å²) in [6.07, 6.45) is 2.53. The lowest BCUT2D eigenvalue weighted by Gasteiger charge is -2.12. The van der Waals surface area contributed by atoms with E-state index < -0.39 is 0 Å². The molecule has 1 fully saturated rings. The Morgan fingerprint density at radius 1 is 1.67 bits per heavy atom. The number of nitrogens with zero attached hydrogens (tertiary/aromatic N) is 1. The van der Waals surface area contributed by atoms with E-state index in [0.29, 0.717) is 30.3 Å². The molecule has 0 spiro atoms. The number of hydrogen-bond donors (Lipinski definition) is 3. The molecule has 0 aromatic carbocycles. The van der Waals surface area contributed by atoms with Crippen molar-refractivity contribution in [2.45, 2.75) is 13.3 Å². The minimum absolute atomic E-state index is 0.164. The molecule has 0 aliphatic carbocycles. The van der Waals surface area contributed by atoms with Gasteiger partial charge in [-0.3, -0.25) is 15.6 Å². The molecule has 1 atom stereocenters. The molecule has 2 heterocycles. The number of nitrogens with one attached hydrogen (secondary N) is 2. The molecule has 1 amide bonds. The number of anilines is 1. The van der Waals surface area contributed by atoms with Crippen LogP contribution in [0.2, 0.25) is 0 Å². The first-order valence-corrected chi connectivity index (χ1v) is 6.00. The summed E-state index contributed by atoms with van der Waals surface area (Å²) in [5.41, 5.74) is 4.37. The van der Waals surface area contributed by atoms with Crippen LogP contribution in [0.1, 0.15) is 22.5 Å². The molecule has 0 bridgehead atoms. The van der Waals surface area contributed by atoms with Crippen LogP contribution in [0.4, 0.5) is 5.69 Å². The Morgan fingerprint density at radius 2 is 2.50 bits per heavy atom. The Bertz CT molecular complexity index is 430. The van der Waals surface area contributed by atoms with E-state index in [1.165, 1.54) is 6.20 Å². The lowest BCUT2D eigenvalue weighted by atomic mass is 10.1. The maximum Gasteiger partial charge on any atom is 0.255 e. The van der Waals surface area contributed by atoms with Crippen LogP contribution >= 0.6 is 0 Å². The maximum absolute atomic E-state index is 12.0. The van der Waals surface area contributed by atoms with E-state index in [1.807, 2.05) is 6.92 Å². The van der Waals surface area contributed by atoms with Gasteiger partial charge in [-0.05, 0) is 19.4 Å². The number of nitrogen functional groups attached to an aromatic ring is 1. The summed E-state index contributed by atoms with van der Waals surface area (Å²) in [7, 11) is 0. The number of rotatable bonds is 4. The number of hydrazine groups is 1. The van der Waals surface area contributed by atoms with Crippen molar-refractivity contribution in [3.05, 3.63) is 23.5 Å². The highest BCUT2D eigenvalue weighted by Crippen LogP contribution is 2.15. The van der Waals surface area contributed by atoms with Gasteiger partial charge in [0, 0.05) is 31.0 Å². The molecule has 0 saturated carbocycles. The molecule has 2 rings (SSSR count). The number of pyridine rings is 1. The molecule has 1 unspecified atom stereocenters. The highest BCUT2D eigenvalue weighted by Gasteiger charge is 2.18. The molecule has 1 saturated heterocycles. The van der Waals surface area contributed by atoms with E-state index in [2.05, 4.69) is 15.7 Å². The van der Waals surface area contributed by atoms with Gasteiger partial charge >= 0.3 is 0 Å². The number of nitrogens with two attached hydrogens (primary N) is 1. The molecule has 6 nitrogen and oxygen atoms in total. The summed E-state index contributed by atoms with van der Waals surface area (Å²) in [6, 6.07) is 1.74. The molecule has 0 radical (unpaired) electrons. The molecular weight excluding hydrogens is 232 g/mol. The highest BCUT2D eigenvalue weighted by molar-refractivity contribution is 5.99. The molecule has 6 heteroatoms. The summed E-state index contributed by atoms with van der Waals surface area (Å²) in [6.45, 7) is 3.96. The van der Waals surface area contributed by atoms with Gasteiger partial charge in [0.1, 0.15) is 0 Å². The largest absolute Gasteiger partial charge is 0.381 e. The van der Waals surface area contributed by atoms with Crippen molar-refractivity contribution >= 4 is 11.6 Å². The Hall–Kier alpha value is -1.66. The van der Waals surface area contributed by atoms with Crippen molar-refractivity contribution in [1.29, 1.82) is 0 Å². The first-order valence-electron chi connectivity index (χ1n) is 6.00. The topological polar surface area (TPSA) is 89.3 Å². The summed E-state index contributed by atoms with van der Waals surface area (Å²) >= 11 is 0. The highest BCUT2D eigenvalue weighted by atomic mass is 16.5. The van der Waals surface area contributed by atoms with Crippen LogP contribution in [-0.2, 0) is 4.74 Å². The van der Waals surface area contributed by atoms with Gasteiger partial charge in [-0.15, -0.1) is 0 Å². The number of amides is 1. The summed E-state index contributed by atoms with van der Waals surface area (Å²) < 4.78 is 5.26. The zero-order valence-electron chi connectivity index (χ0n) is 10.4. The second kappa shape index (κ2) is 5.79. The Kier molecular flexibility index (Phi) is 4.11. The predicted octanol–water partition coefficient (Wildman–Crippen LogP) is 0.442. The third kappa shape index (κ3) is 2.96. The van der Waals surface area contributed by atoms with Gasteiger partial charge in [0.15, 0.2) is 0 Å². The minimum Gasteiger partial charge on any atom is -0.381 e. The van der Waals surface area contributed by atoms with Gasteiger partial charge in [-0.1, -0.05) is 0 Å². The van der Waals surface area contributed by atoms with Crippen molar-refractivity contribution in [2.75, 3.05) is 25.2 Å². The third-order valence-corrected chi connectivity index (χ3v) is 3.02. The van der Waals surface area contributed by atoms with E-state index in [9.17, 15) is 4.79 Å². The minimum atomic E-state index is -0.164. The molecule has 1 aliphatic rings. The lowest BCUT2D eigenvalue weighted by Crippen LogP contribution is -2.30. The van der Waals surface area contributed by atoms with Gasteiger partial charge in [0.05, 0.1) is 17.9 Å². The van der Waals surface area contributed by atoms with Gasteiger partial charge in [0.2, 0.25) is 0 Å². The van der Waals surface area contributed by atoms with Crippen molar-refractivity contribution in [3.8, 4) is 0 Å². The molecular formula is C12H18N4O2.